The van der Waals surface area contributed by atoms with Gasteiger partial charge < -0.3 is 5.32 Å². The number of aryl methyl sites for hydroxylation is 2. The lowest BCUT2D eigenvalue weighted by molar-refractivity contribution is 0.492. The summed E-state index contributed by atoms with van der Waals surface area (Å²) in [5.74, 6) is -0.595. The van der Waals surface area contributed by atoms with Crippen LogP contribution in [0.3, 0.4) is 0 Å². The number of nitrogens with zero attached hydrogens (tertiary/aromatic N) is 4. The van der Waals surface area contributed by atoms with Crippen molar-refractivity contribution in [3.8, 4) is 0 Å². The maximum absolute atomic E-state index is 14.0. The Morgan fingerprint density at radius 3 is 2.65 bits per heavy atom. The lowest BCUT2D eigenvalue weighted by atomic mass is 10.00. The second kappa shape index (κ2) is 6.04. The van der Waals surface area contributed by atoms with Crippen molar-refractivity contribution in [2.45, 2.75) is 26.3 Å². The molecule has 1 heterocycles. The summed E-state index contributed by atoms with van der Waals surface area (Å²) in [6.07, 6.45) is 0.393. The quantitative estimate of drug-likeness (QED) is 0.906. The molecule has 5 nitrogen and oxygen atoms in total. The summed E-state index contributed by atoms with van der Waals surface area (Å²) < 4.78 is 27.3. The minimum atomic E-state index is -0.567. The van der Waals surface area contributed by atoms with Crippen LogP contribution in [-0.2, 0) is 13.5 Å². The van der Waals surface area contributed by atoms with E-state index in [1.54, 1.807) is 14.0 Å². The van der Waals surface area contributed by atoms with E-state index in [1.165, 1.54) is 10.9 Å². The highest BCUT2D eigenvalue weighted by Crippen LogP contribution is 2.23. The summed E-state index contributed by atoms with van der Waals surface area (Å²) in [6, 6.07) is 2.12. The largest absolute Gasteiger partial charge is 0.310 e. The Hall–Kier alpha value is -1.89. The first-order valence-electron chi connectivity index (χ1n) is 6.43. The van der Waals surface area contributed by atoms with Gasteiger partial charge in [0.2, 0.25) is 0 Å². The Morgan fingerprint density at radius 1 is 1.30 bits per heavy atom. The molecule has 7 heteroatoms. The highest BCUT2D eigenvalue weighted by molar-refractivity contribution is 5.28. The van der Waals surface area contributed by atoms with Gasteiger partial charge >= 0.3 is 0 Å². The summed E-state index contributed by atoms with van der Waals surface area (Å²) in [4.78, 5) is 1.35. The van der Waals surface area contributed by atoms with E-state index in [9.17, 15) is 8.78 Å². The number of nitrogens with one attached hydrogen (secondary N) is 1. The van der Waals surface area contributed by atoms with Crippen molar-refractivity contribution in [2.24, 2.45) is 7.05 Å². The van der Waals surface area contributed by atoms with E-state index < -0.39 is 11.6 Å². The maximum Gasteiger partial charge on any atom is 0.176 e. The highest BCUT2D eigenvalue weighted by atomic mass is 19.1. The predicted molar refractivity (Wildman–Crippen MR) is 70.0 cm³/mol. The van der Waals surface area contributed by atoms with E-state index in [4.69, 9.17) is 0 Å². The minimum absolute atomic E-state index is 0.316. The zero-order valence-corrected chi connectivity index (χ0v) is 11.7. The van der Waals surface area contributed by atoms with E-state index in [0.29, 0.717) is 29.9 Å². The molecule has 0 amide bonds. The molecule has 1 N–H and O–H groups in total. The topological polar surface area (TPSA) is 55.6 Å². The molecule has 20 heavy (non-hydrogen) atoms. The molecule has 2 aromatic rings. The molecule has 0 saturated carbocycles. The SMILES string of the molecule is CCNC(Cc1nnn(C)n1)c1cc(C)c(F)cc1F. The van der Waals surface area contributed by atoms with Crippen molar-refractivity contribution in [3.63, 3.8) is 0 Å². The summed E-state index contributed by atoms with van der Waals surface area (Å²) in [5.41, 5.74) is 0.828. The fourth-order valence-electron chi connectivity index (χ4n) is 2.07. The number of tetrazole rings is 1. The third-order valence-electron chi connectivity index (χ3n) is 3.04. The standard InChI is InChI=1S/C13H17F2N5/c1-4-16-12(7-13-17-19-20(3)18-13)9-5-8(2)10(14)6-11(9)15/h5-6,12,16H,4,7H2,1-3H3. The van der Waals surface area contributed by atoms with Crippen molar-refractivity contribution >= 4 is 0 Å². The molecule has 0 radical (unpaired) electrons. The molecule has 0 saturated heterocycles. The Bertz CT molecular complexity index is 596. The molecule has 0 aliphatic carbocycles. The van der Waals surface area contributed by atoms with Crippen LogP contribution >= 0.6 is 0 Å². The Kier molecular flexibility index (Phi) is 4.39. The van der Waals surface area contributed by atoms with E-state index in [-0.39, 0.29) is 6.04 Å². The van der Waals surface area contributed by atoms with Crippen LogP contribution in [0.25, 0.3) is 0 Å². The number of hydrogen-bond donors (Lipinski definition) is 1. The lowest BCUT2D eigenvalue weighted by Gasteiger charge is -2.18. The smallest absolute Gasteiger partial charge is 0.176 e. The molecular weight excluding hydrogens is 264 g/mol. The van der Waals surface area contributed by atoms with Gasteiger partial charge in [-0.05, 0) is 30.3 Å². The van der Waals surface area contributed by atoms with Crippen LogP contribution in [0.4, 0.5) is 8.78 Å². The van der Waals surface area contributed by atoms with Gasteiger partial charge in [-0.1, -0.05) is 6.92 Å². The second-order valence-electron chi connectivity index (χ2n) is 4.63. The molecule has 0 spiro atoms. The normalized spacial score (nSPS) is 12.7. The van der Waals surface area contributed by atoms with Gasteiger partial charge in [0.1, 0.15) is 11.6 Å². The zero-order chi connectivity index (χ0) is 14.7. The molecule has 108 valence electrons. The van der Waals surface area contributed by atoms with Crippen LogP contribution in [0.1, 0.15) is 29.9 Å². The molecule has 1 atom stereocenters. The molecule has 0 fully saturated rings. The number of halogens is 2. The Morgan fingerprint density at radius 2 is 2.05 bits per heavy atom. The highest BCUT2D eigenvalue weighted by Gasteiger charge is 2.19. The molecule has 1 aromatic carbocycles. The van der Waals surface area contributed by atoms with Gasteiger partial charge in [-0.25, -0.2) is 8.78 Å². The fraction of sp³-hybridized carbons (Fsp3) is 0.462. The molecule has 0 aliphatic heterocycles. The summed E-state index contributed by atoms with van der Waals surface area (Å²) >= 11 is 0. The average Bonchev–Trinajstić information content (AvgIpc) is 2.79. The number of benzene rings is 1. The predicted octanol–water partition coefficient (Wildman–Crippen LogP) is 1.69. The Labute approximate surface area is 116 Å². The fourth-order valence-corrected chi connectivity index (χ4v) is 2.07. The number of aromatic nitrogens is 4. The molecular formula is C13H17F2N5. The van der Waals surface area contributed by atoms with Gasteiger partial charge in [-0.15, -0.1) is 10.2 Å². The van der Waals surface area contributed by atoms with Crippen molar-refractivity contribution in [3.05, 3.63) is 40.7 Å². The van der Waals surface area contributed by atoms with Crippen molar-refractivity contribution < 1.29 is 8.78 Å². The third-order valence-corrected chi connectivity index (χ3v) is 3.04. The third kappa shape index (κ3) is 3.16. The number of rotatable bonds is 5. The van der Waals surface area contributed by atoms with Crippen LogP contribution in [0, 0.1) is 18.6 Å². The first-order valence-corrected chi connectivity index (χ1v) is 6.43. The molecule has 1 aromatic heterocycles. The van der Waals surface area contributed by atoms with Gasteiger partial charge in [0.05, 0.1) is 7.05 Å². The van der Waals surface area contributed by atoms with Crippen LogP contribution < -0.4 is 5.32 Å². The van der Waals surface area contributed by atoms with Gasteiger partial charge in [0.15, 0.2) is 5.82 Å². The number of likely N-dealkylation sites (N-methyl/N-ethyl adjacent to an activating group) is 1. The van der Waals surface area contributed by atoms with Crippen molar-refractivity contribution in [1.29, 1.82) is 0 Å². The molecule has 0 aliphatic rings. The summed E-state index contributed by atoms with van der Waals surface area (Å²) in [5, 5.41) is 14.9. The average molecular weight is 281 g/mol. The van der Waals surface area contributed by atoms with Crippen LogP contribution in [0.2, 0.25) is 0 Å². The van der Waals surface area contributed by atoms with Crippen molar-refractivity contribution in [2.75, 3.05) is 6.54 Å². The van der Waals surface area contributed by atoms with Gasteiger partial charge in [-0.2, -0.15) is 4.80 Å². The van der Waals surface area contributed by atoms with E-state index in [2.05, 4.69) is 20.7 Å². The molecule has 2 rings (SSSR count). The monoisotopic (exact) mass is 281 g/mol. The van der Waals surface area contributed by atoms with Gasteiger partial charge in [0.25, 0.3) is 0 Å². The van der Waals surface area contributed by atoms with Gasteiger partial charge in [0, 0.05) is 24.1 Å². The first kappa shape index (κ1) is 14.5. The van der Waals surface area contributed by atoms with E-state index >= 15 is 0 Å². The van der Waals surface area contributed by atoms with Crippen LogP contribution in [-0.4, -0.2) is 26.8 Å². The second-order valence-corrected chi connectivity index (χ2v) is 4.63. The van der Waals surface area contributed by atoms with Crippen LogP contribution in [0.5, 0.6) is 0 Å². The molecule has 1 unspecified atom stereocenters. The minimum Gasteiger partial charge on any atom is -0.310 e. The zero-order valence-electron chi connectivity index (χ0n) is 11.7. The first-order chi connectivity index (χ1) is 9.51. The Balaban J connectivity index is 2.30. The summed E-state index contributed by atoms with van der Waals surface area (Å²) in [7, 11) is 1.67. The van der Waals surface area contributed by atoms with Gasteiger partial charge in [-0.3, -0.25) is 0 Å². The maximum atomic E-state index is 14.0. The number of hydrogen-bond acceptors (Lipinski definition) is 4. The lowest BCUT2D eigenvalue weighted by Crippen LogP contribution is -2.24. The summed E-state index contributed by atoms with van der Waals surface area (Å²) in [6.45, 7) is 4.19. The van der Waals surface area contributed by atoms with Crippen molar-refractivity contribution in [1.82, 2.24) is 25.5 Å². The van der Waals surface area contributed by atoms with E-state index in [0.717, 1.165) is 6.07 Å². The van der Waals surface area contributed by atoms with Crippen LogP contribution in [0.15, 0.2) is 12.1 Å². The molecule has 0 bridgehead atoms. The van der Waals surface area contributed by atoms with E-state index in [1.807, 2.05) is 6.92 Å².